The molecule has 1 saturated heterocycles. The van der Waals surface area contributed by atoms with Gasteiger partial charge in [0.15, 0.2) is 5.96 Å². The average molecular weight is 548 g/mol. The van der Waals surface area contributed by atoms with Crippen molar-refractivity contribution < 1.29 is 4.74 Å². The van der Waals surface area contributed by atoms with Crippen molar-refractivity contribution in [2.24, 2.45) is 4.99 Å². The molecule has 8 heteroatoms. The zero-order chi connectivity index (χ0) is 21.6. The van der Waals surface area contributed by atoms with Crippen molar-refractivity contribution in [3.05, 3.63) is 59.4 Å². The summed E-state index contributed by atoms with van der Waals surface area (Å²) in [5.41, 5.74) is 4.90. The minimum absolute atomic E-state index is 0. The van der Waals surface area contributed by atoms with E-state index in [1.54, 1.807) is 7.05 Å². The number of morpholine rings is 1. The third-order valence-electron chi connectivity index (χ3n) is 5.67. The van der Waals surface area contributed by atoms with Gasteiger partial charge >= 0.3 is 0 Å². The van der Waals surface area contributed by atoms with Gasteiger partial charge in [0.1, 0.15) is 5.82 Å². The highest BCUT2D eigenvalue weighted by molar-refractivity contribution is 14.0. The Hall–Kier alpha value is -2.33. The van der Waals surface area contributed by atoms with Crippen molar-refractivity contribution in [1.29, 1.82) is 0 Å². The van der Waals surface area contributed by atoms with Crippen molar-refractivity contribution in [1.82, 2.24) is 20.6 Å². The van der Waals surface area contributed by atoms with Crippen molar-refractivity contribution in [2.45, 2.75) is 32.9 Å². The molecule has 1 aromatic carbocycles. The Kier molecular flexibility index (Phi) is 8.75. The van der Waals surface area contributed by atoms with E-state index in [0.717, 1.165) is 50.0 Å². The molecule has 0 saturated carbocycles. The molecule has 0 spiro atoms. The molecule has 1 aliphatic heterocycles. The van der Waals surface area contributed by atoms with E-state index >= 15 is 0 Å². The first-order chi connectivity index (χ1) is 15.1. The number of H-pyrrole nitrogens is 1. The van der Waals surface area contributed by atoms with Crippen LogP contribution in [0, 0.1) is 6.92 Å². The Balaban J connectivity index is 0.00000289. The molecule has 0 radical (unpaired) electrons. The van der Waals surface area contributed by atoms with Gasteiger partial charge in [0.2, 0.25) is 0 Å². The highest BCUT2D eigenvalue weighted by Crippen LogP contribution is 2.19. The van der Waals surface area contributed by atoms with Gasteiger partial charge in [0, 0.05) is 56.5 Å². The molecule has 3 heterocycles. The van der Waals surface area contributed by atoms with Gasteiger partial charge in [0.25, 0.3) is 0 Å². The molecule has 0 bridgehead atoms. The molecule has 1 unspecified atom stereocenters. The van der Waals surface area contributed by atoms with Gasteiger partial charge < -0.3 is 25.3 Å². The third-order valence-corrected chi connectivity index (χ3v) is 5.67. The second kappa shape index (κ2) is 11.5. The first kappa shape index (κ1) is 24.3. The summed E-state index contributed by atoms with van der Waals surface area (Å²) >= 11 is 0. The van der Waals surface area contributed by atoms with E-state index in [2.05, 4.69) is 80.9 Å². The van der Waals surface area contributed by atoms with Crippen LogP contribution >= 0.6 is 24.0 Å². The number of nitrogens with one attached hydrogen (secondary N) is 3. The molecule has 7 nitrogen and oxygen atoms in total. The summed E-state index contributed by atoms with van der Waals surface area (Å²) in [5, 5.41) is 8.07. The maximum atomic E-state index is 5.61. The summed E-state index contributed by atoms with van der Waals surface area (Å²) in [7, 11) is 1.80. The number of fused-ring (bicyclic) bond motifs is 1. The first-order valence-electron chi connectivity index (χ1n) is 10.9. The Morgan fingerprint density at radius 1 is 1.28 bits per heavy atom. The number of benzene rings is 1. The van der Waals surface area contributed by atoms with Gasteiger partial charge in [-0.15, -0.1) is 24.0 Å². The lowest BCUT2D eigenvalue weighted by Crippen LogP contribution is -2.41. The van der Waals surface area contributed by atoms with Gasteiger partial charge in [-0.1, -0.05) is 18.2 Å². The highest BCUT2D eigenvalue weighted by atomic mass is 127. The van der Waals surface area contributed by atoms with Crippen LogP contribution in [-0.4, -0.2) is 55.3 Å². The minimum Gasteiger partial charge on any atom is -0.375 e. The number of rotatable bonds is 6. The number of halogens is 1. The first-order valence-corrected chi connectivity index (χ1v) is 10.9. The van der Waals surface area contributed by atoms with E-state index in [9.17, 15) is 0 Å². The number of ether oxygens (including phenoxy) is 1. The summed E-state index contributed by atoms with van der Waals surface area (Å²) in [6, 6.07) is 10.7. The lowest BCUT2D eigenvalue weighted by molar-refractivity contribution is 0.0529. The number of pyridine rings is 1. The van der Waals surface area contributed by atoms with Crippen LogP contribution in [0.25, 0.3) is 10.9 Å². The number of hydrogen-bond acceptors (Lipinski definition) is 4. The quantitative estimate of drug-likeness (QED) is 0.249. The summed E-state index contributed by atoms with van der Waals surface area (Å²) in [4.78, 5) is 14.6. The predicted molar refractivity (Wildman–Crippen MR) is 142 cm³/mol. The zero-order valence-electron chi connectivity index (χ0n) is 19.0. The van der Waals surface area contributed by atoms with E-state index in [1.807, 2.05) is 6.20 Å². The topological polar surface area (TPSA) is 77.6 Å². The van der Waals surface area contributed by atoms with Gasteiger partial charge in [-0.05, 0) is 49.1 Å². The monoisotopic (exact) mass is 548 g/mol. The lowest BCUT2D eigenvalue weighted by Gasteiger charge is -2.32. The molecular formula is C24H33IN6O. The van der Waals surface area contributed by atoms with Crippen LogP contribution in [0.4, 0.5) is 5.82 Å². The Bertz CT molecular complexity index is 1030. The average Bonchev–Trinajstić information content (AvgIpc) is 3.18. The van der Waals surface area contributed by atoms with Crippen LogP contribution in [0.2, 0.25) is 0 Å². The standard InChI is InChI=1S/C24H32N6O.HI/c1-17-4-6-21-20(15-27-22(21)12-17)8-9-26-24(25-3)29-14-19-5-7-23(28-13-19)30-10-11-31-18(2)16-30;/h4-7,12-13,15,18,27H,8-11,14,16H2,1-3H3,(H2,25,26,29);1H. The molecule has 4 rings (SSSR count). The number of aromatic amines is 1. The number of aliphatic imine (C=N–C) groups is 1. The van der Waals surface area contributed by atoms with Crippen LogP contribution in [-0.2, 0) is 17.7 Å². The second-order valence-corrected chi connectivity index (χ2v) is 8.12. The summed E-state index contributed by atoms with van der Waals surface area (Å²) in [6.07, 6.45) is 5.21. The lowest BCUT2D eigenvalue weighted by atomic mass is 10.1. The molecule has 0 amide bonds. The maximum Gasteiger partial charge on any atom is 0.191 e. The third kappa shape index (κ3) is 6.13. The van der Waals surface area contributed by atoms with Crippen LogP contribution < -0.4 is 15.5 Å². The normalized spacial score (nSPS) is 16.7. The van der Waals surface area contributed by atoms with Gasteiger partial charge in [-0.2, -0.15) is 0 Å². The number of guanidine groups is 1. The number of hydrogen-bond donors (Lipinski definition) is 3. The Morgan fingerprint density at radius 3 is 2.91 bits per heavy atom. The van der Waals surface area contributed by atoms with E-state index in [-0.39, 0.29) is 30.1 Å². The molecule has 32 heavy (non-hydrogen) atoms. The number of aromatic nitrogens is 2. The molecule has 172 valence electrons. The minimum atomic E-state index is 0. The van der Waals surface area contributed by atoms with E-state index in [4.69, 9.17) is 4.74 Å². The fourth-order valence-corrected chi connectivity index (χ4v) is 3.96. The van der Waals surface area contributed by atoms with Crippen molar-refractivity contribution in [3.63, 3.8) is 0 Å². The fraction of sp³-hybridized carbons (Fsp3) is 0.417. The number of anilines is 1. The van der Waals surface area contributed by atoms with Crippen LogP contribution in [0.5, 0.6) is 0 Å². The van der Waals surface area contributed by atoms with Gasteiger partial charge in [-0.25, -0.2) is 4.98 Å². The molecule has 1 atom stereocenters. The second-order valence-electron chi connectivity index (χ2n) is 8.12. The molecular weight excluding hydrogens is 515 g/mol. The van der Waals surface area contributed by atoms with E-state index < -0.39 is 0 Å². The van der Waals surface area contributed by atoms with Crippen LogP contribution in [0.15, 0.2) is 47.7 Å². The van der Waals surface area contributed by atoms with Crippen LogP contribution in [0.3, 0.4) is 0 Å². The van der Waals surface area contributed by atoms with Crippen molar-refractivity contribution in [2.75, 3.05) is 38.2 Å². The summed E-state index contributed by atoms with van der Waals surface area (Å²) in [5.74, 6) is 1.80. The maximum absolute atomic E-state index is 5.61. The van der Waals surface area contributed by atoms with E-state index in [0.29, 0.717) is 6.54 Å². The molecule has 3 N–H and O–H groups in total. The van der Waals surface area contributed by atoms with Crippen LogP contribution in [0.1, 0.15) is 23.6 Å². The fourth-order valence-electron chi connectivity index (χ4n) is 3.96. The summed E-state index contributed by atoms with van der Waals surface area (Å²) < 4.78 is 5.61. The molecule has 1 fully saturated rings. The highest BCUT2D eigenvalue weighted by Gasteiger charge is 2.17. The number of nitrogens with zero attached hydrogens (tertiary/aromatic N) is 3. The largest absolute Gasteiger partial charge is 0.375 e. The van der Waals surface area contributed by atoms with Crippen molar-refractivity contribution in [3.8, 4) is 0 Å². The predicted octanol–water partition coefficient (Wildman–Crippen LogP) is 3.62. The van der Waals surface area contributed by atoms with Gasteiger partial charge in [0.05, 0.1) is 12.7 Å². The molecule has 2 aromatic heterocycles. The number of aryl methyl sites for hydroxylation is 1. The summed E-state index contributed by atoms with van der Waals surface area (Å²) in [6.45, 7) is 8.24. The Morgan fingerprint density at radius 2 is 2.16 bits per heavy atom. The molecule has 0 aliphatic carbocycles. The van der Waals surface area contributed by atoms with E-state index in [1.165, 1.54) is 22.0 Å². The molecule has 1 aliphatic rings. The van der Waals surface area contributed by atoms with Gasteiger partial charge in [-0.3, -0.25) is 4.99 Å². The SMILES string of the molecule is CN=C(NCCc1c[nH]c2cc(C)ccc12)NCc1ccc(N2CCOC(C)C2)nc1.I. The zero-order valence-corrected chi connectivity index (χ0v) is 21.3. The molecule has 3 aromatic rings. The Labute approximate surface area is 207 Å². The smallest absolute Gasteiger partial charge is 0.191 e. The van der Waals surface area contributed by atoms with Crippen molar-refractivity contribution >= 4 is 46.7 Å².